The first-order chi connectivity index (χ1) is 15.2. The highest BCUT2D eigenvalue weighted by molar-refractivity contribution is 5.77. The number of ether oxygens (including phenoxy) is 2. The molecule has 3 heteroatoms. The molecule has 0 saturated carbocycles. The first-order valence-corrected chi connectivity index (χ1v) is 11.1. The van der Waals surface area contributed by atoms with Gasteiger partial charge < -0.3 is 14.4 Å². The van der Waals surface area contributed by atoms with Gasteiger partial charge in [-0.25, -0.2) is 0 Å². The van der Waals surface area contributed by atoms with Crippen molar-refractivity contribution < 1.29 is 9.47 Å². The van der Waals surface area contributed by atoms with E-state index in [1.54, 1.807) is 0 Å². The SMILES string of the molecule is C#Cc1ccc(N(c2ccc(OCCCC)cc2)c2ccc(OCCCC)cc2)cc1. The van der Waals surface area contributed by atoms with E-state index in [1.165, 1.54) is 0 Å². The molecule has 3 aromatic carbocycles. The molecular formula is C28H31NO2. The van der Waals surface area contributed by atoms with Gasteiger partial charge in [0.25, 0.3) is 0 Å². The Hall–Kier alpha value is -3.38. The van der Waals surface area contributed by atoms with Crippen molar-refractivity contribution in [3.05, 3.63) is 78.4 Å². The lowest BCUT2D eigenvalue weighted by Gasteiger charge is -2.26. The molecule has 31 heavy (non-hydrogen) atoms. The van der Waals surface area contributed by atoms with E-state index < -0.39 is 0 Å². The summed E-state index contributed by atoms with van der Waals surface area (Å²) in [4.78, 5) is 2.20. The van der Waals surface area contributed by atoms with Crippen LogP contribution in [0.5, 0.6) is 11.5 Å². The normalized spacial score (nSPS) is 10.4. The number of nitrogens with zero attached hydrogens (tertiary/aromatic N) is 1. The van der Waals surface area contributed by atoms with Gasteiger partial charge in [-0.05, 0) is 85.6 Å². The van der Waals surface area contributed by atoms with E-state index in [1.807, 2.05) is 48.5 Å². The zero-order valence-corrected chi connectivity index (χ0v) is 18.5. The maximum absolute atomic E-state index is 5.83. The van der Waals surface area contributed by atoms with Gasteiger partial charge >= 0.3 is 0 Å². The first-order valence-electron chi connectivity index (χ1n) is 11.1. The molecule has 3 nitrogen and oxygen atoms in total. The third-order valence-electron chi connectivity index (χ3n) is 5.02. The summed E-state index contributed by atoms with van der Waals surface area (Å²) >= 11 is 0. The van der Waals surface area contributed by atoms with Crippen molar-refractivity contribution in [1.29, 1.82) is 0 Å². The topological polar surface area (TPSA) is 21.7 Å². The van der Waals surface area contributed by atoms with Gasteiger partial charge in [0.2, 0.25) is 0 Å². The summed E-state index contributed by atoms with van der Waals surface area (Å²) < 4.78 is 11.7. The standard InChI is InChI=1S/C28H31NO2/c1-4-7-21-30-27-17-13-25(14-18-27)29(24-11-9-23(6-3)10-12-24)26-15-19-28(20-16-26)31-22-8-5-2/h3,9-20H,4-5,7-8,21-22H2,1-2H3. The monoisotopic (exact) mass is 413 g/mol. The molecule has 0 amide bonds. The van der Waals surface area contributed by atoms with Crippen LogP contribution in [0.3, 0.4) is 0 Å². The van der Waals surface area contributed by atoms with Crippen molar-refractivity contribution in [3.63, 3.8) is 0 Å². The number of anilines is 3. The minimum absolute atomic E-state index is 0.743. The van der Waals surface area contributed by atoms with Crippen LogP contribution < -0.4 is 14.4 Å². The quantitative estimate of drug-likeness (QED) is 0.240. The van der Waals surface area contributed by atoms with Gasteiger partial charge in [0.1, 0.15) is 11.5 Å². The zero-order chi connectivity index (χ0) is 21.9. The van der Waals surface area contributed by atoms with Crippen LogP contribution in [-0.2, 0) is 0 Å². The second kappa shape index (κ2) is 11.7. The maximum atomic E-state index is 5.83. The molecule has 3 rings (SSSR count). The largest absolute Gasteiger partial charge is 0.494 e. The predicted octanol–water partition coefficient (Wildman–Crippen LogP) is 7.50. The van der Waals surface area contributed by atoms with Crippen LogP contribution in [0.25, 0.3) is 0 Å². The predicted molar refractivity (Wildman–Crippen MR) is 130 cm³/mol. The molecule has 160 valence electrons. The Morgan fingerprint density at radius 3 is 1.39 bits per heavy atom. The van der Waals surface area contributed by atoms with Crippen molar-refractivity contribution in [2.24, 2.45) is 0 Å². The van der Waals surface area contributed by atoms with E-state index in [9.17, 15) is 0 Å². The van der Waals surface area contributed by atoms with Gasteiger partial charge in [-0.2, -0.15) is 0 Å². The Kier molecular flexibility index (Phi) is 8.43. The molecule has 0 unspecified atom stereocenters. The van der Waals surface area contributed by atoms with Gasteiger partial charge in [-0.1, -0.05) is 32.6 Å². The molecule has 0 aliphatic rings. The highest BCUT2D eigenvalue weighted by atomic mass is 16.5. The van der Waals surface area contributed by atoms with Crippen molar-refractivity contribution in [2.45, 2.75) is 39.5 Å². The molecule has 0 spiro atoms. The average molecular weight is 414 g/mol. The third kappa shape index (κ3) is 6.30. The molecule has 0 radical (unpaired) electrons. The zero-order valence-electron chi connectivity index (χ0n) is 18.5. The summed E-state index contributed by atoms with van der Waals surface area (Å²) in [6, 6.07) is 24.5. The van der Waals surface area contributed by atoms with Crippen molar-refractivity contribution in [2.75, 3.05) is 18.1 Å². The number of hydrogen-bond acceptors (Lipinski definition) is 3. The van der Waals surface area contributed by atoms with E-state index in [-0.39, 0.29) is 0 Å². The highest BCUT2D eigenvalue weighted by Gasteiger charge is 2.13. The number of benzene rings is 3. The molecule has 0 N–H and O–H groups in total. The van der Waals surface area contributed by atoms with Crippen LogP contribution in [0.4, 0.5) is 17.1 Å². The van der Waals surface area contributed by atoms with Crippen LogP contribution in [0.1, 0.15) is 45.1 Å². The summed E-state index contributed by atoms with van der Waals surface area (Å²) in [6.07, 6.45) is 9.90. The van der Waals surface area contributed by atoms with Crippen LogP contribution in [0.2, 0.25) is 0 Å². The van der Waals surface area contributed by atoms with Gasteiger partial charge in [-0.3, -0.25) is 0 Å². The summed E-state index contributed by atoms with van der Waals surface area (Å²) in [5, 5.41) is 0. The van der Waals surface area contributed by atoms with Crippen LogP contribution >= 0.6 is 0 Å². The molecule has 0 aliphatic carbocycles. The average Bonchev–Trinajstić information content (AvgIpc) is 2.82. The molecule has 0 aliphatic heterocycles. The molecule has 0 heterocycles. The second-order valence-corrected chi connectivity index (χ2v) is 7.42. The molecule has 0 fully saturated rings. The minimum atomic E-state index is 0.743. The van der Waals surface area contributed by atoms with E-state index in [4.69, 9.17) is 15.9 Å². The van der Waals surface area contributed by atoms with Gasteiger partial charge in [-0.15, -0.1) is 6.42 Å². The summed E-state index contributed by atoms with van der Waals surface area (Å²) in [7, 11) is 0. The molecule has 0 bridgehead atoms. The Morgan fingerprint density at radius 1 is 0.645 bits per heavy atom. The molecular weight excluding hydrogens is 382 g/mol. The van der Waals surface area contributed by atoms with E-state index >= 15 is 0 Å². The lowest BCUT2D eigenvalue weighted by atomic mass is 10.1. The van der Waals surface area contributed by atoms with Crippen molar-refractivity contribution in [3.8, 4) is 23.8 Å². The van der Waals surface area contributed by atoms with Crippen LogP contribution in [0, 0.1) is 12.3 Å². The smallest absolute Gasteiger partial charge is 0.119 e. The van der Waals surface area contributed by atoms with Crippen molar-refractivity contribution in [1.82, 2.24) is 0 Å². The van der Waals surface area contributed by atoms with Gasteiger partial charge in [0, 0.05) is 22.6 Å². The lowest BCUT2D eigenvalue weighted by molar-refractivity contribution is 0.309. The van der Waals surface area contributed by atoms with E-state index in [0.29, 0.717) is 0 Å². The van der Waals surface area contributed by atoms with Gasteiger partial charge in [0.15, 0.2) is 0 Å². The Labute approximate surface area is 186 Å². The summed E-state index contributed by atoms with van der Waals surface area (Å²) in [5.74, 6) is 4.46. The number of rotatable bonds is 11. The van der Waals surface area contributed by atoms with Crippen LogP contribution in [-0.4, -0.2) is 13.2 Å². The van der Waals surface area contributed by atoms with Crippen LogP contribution in [0.15, 0.2) is 72.8 Å². The molecule has 3 aromatic rings. The fraction of sp³-hybridized carbons (Fsp3) is 0.286. The third-order valence-corrected chi connectivity index (χ3v) is 5.02. The first kappa shape index (κ1) is 22.3. The maximum Gasteiger partial charge on any atom is 0.119 e. The van der Waals surface area contributed by atoms with E-state index in [2.05, 4.69) is 48.9 Å². The fourth-order valence-electron chi connectivity index (χ4n) is 3.21. The summed E-state index contributed by atoms with van der Waals surface area (Å²) in [5.41, 5.74) is 4.01. The Bertz CT molecular complexity index is 900. The number of hydrogen-bond donors (Lipinski definition) is 0. The lowest BCUT2D eigenvalue weighted by Crippen LogP contribution is -2.10. The Morgan fingerprint density at radius 2 is 1.03 bits per heavy atom. The van der Waals surface area contributed by atoms with Gasteiger partial charge in [0.05, 0.1) is 13.2 Å². The fourth-order valence-corrected chi connectivity index (χ4v) is 3.21. The van der Waals surface area contributed by atoms with Crippen molar-refractivity contribution >= 4 is 17.1 Å². The highest BCUT2D eigenvalue weighted by Crippen LogP contribution is 2.36. The Balaban J connectivity index is 1.87. The molecule has 0 aromatic heterocycles. The second-order valence-electron chi connectivity index (χ2n) is 7.42. The van der Waals surface area contributed by atoms with E-state index in [0.717, 1.165) is 73.0 Å². The number of unbranched alkanes of at least 4 members (excludes halogenated alkanes) is 2. The minimum Gasteiger partial charge on any atom is -0.494 e. The number of terminal acetylenes is 1. The molecule has 0 atom stereocenters. The summed E-state index contributed by atoms with van der Waals surface area (Å²) in [6.45, 7) is 5.81. The molecule has 0 saturated heterocycles.